The van der Waals surface area contributed by atoms with Crippen LogP contribution < -0.4 is 10.9 Å². The lowest BCUT2D eigenvalue weighted by Crippen LogP contribution is -2.36. The van der Waals surface area contributed by atoms with Crippen LogP contribution in [0.25, 0.3) is 11.4 Å². The van der Waals surface area contributed by atoms with Gasteiger partial charge in [-0.05, 0) is 24.1 Å². The first kappa shape index (κ1) is 21.2. The second-order valence-corrected chi connectivity index (χ2v) is 6.86. The molecular weight excluding hydrogens is 403 g/mol. The molecule has 1 unspecified atom stereocenters. The molecule has 3 heterocycles. The van der Waals surface area contributed by atoms with Crippen LogP contribution >= 0.6 is 0 Å². The summed E-state index contributed by atoms with van der Waals surface area (Å²) in [5.41, 5.74) is -1.07. The number of halogens is 3. The van der Waals surface area contributed by atoms with Gasteiger partial charge in [-0.2, -0.15) is 18.2 Å². The molecule has 3 aromatic heterocycles. The third kappa shape index (κ3) is 4.91. The molecule has 0 radical (unpaired) electrons. The highest BCUT2D eigenvalue weighted by Gasteiger charge is 2.31. The van der Waals surface area contributed by atoms with Gasteiger partial charge in [0.15, 0.2) is 0 Å². The zero-order valence-electron chi connectivity index (χ0n) is 16.1. The fraction of sp³-hybridized carbons (Fsp3) is 0.316. The lowest BCUT2D eigenvalue weighted by molar-refractivity contribution is -0.138. The van der Waals surface area contributed by atoms with Gasteiger partial charge in [-0.25, -0.2) is 0 Å². The molecule has 0 aliphatic rings. The first-order valence-corrected chi connectivity index (χ1v) is 8.96. The summed E-state index contributed by atoms with van der Waals surface area (Å²) in [6.07, 6.45) is -0.875. The Morgan fingerprint density at radius 2 is 1.90 bits per heavy atom. The van der Waals surface area contributed by atoms with Crippen molar-refractivity contribution in [3.05, 3.63) is 64.7 Å². The lowest BCUT2D eigenvalue weighted by atomic mass is 10.0. The van der Waals surface area contributed by atoms with E-state index < -0.39 is 35.8 Å². The third-order valence-corrected chi connectivity index (χ3v) is 4.25. The van der Waals surface area contributed by atoms with Crippen molar-refractivity contribution in [2.45, 2.75) is 32.6 Å². The van der Waals surface area contributed by atoms with Gasteiger partial charge >= 0.3 is 6.18 Å². The summed E-state index contributed by atoms with van der Waals surface area (Å²) in [4.78, 5) is 32.5. The van der Waals surface area contributed by atoms with E-state index in [2.05, 4.69) is 20.4 Å². The average Bonchev–Trinajstić information content (AvgIpc) is 3.17. The standard InChI is InChI=1S/C19H18F3N5O3/c1-11(2)16(18-25-17(26-30-18)12-5-7-23-8-6-12)24-14(28)10-27-9-13(19(20,21)22)3-4-15(27)29/h3-9,11,16H,10H2,1-2H3,(H,24,28). The van der Waals surface area contributed by atoms with E-state index in [1.807, 2.05) is 0 Å². The highest BCUT2D eigenvalue weighted by molar-refractivity contribution is 5.76. The summed E-state index contributed by atoms with van der Waals surface area (Å²) in [5.74, 6) is -0.389. The van der Waals surface area contributed by atoms with Gasteiger partial charge in [0.2, 0.25) is 17.6 Å². The Labute approximate surface area is 168 Å². The van der Waals surface area contributed by atoms with Gasteiger partial charge in [0.05, 0.1) is 5.56 Å². The Kier molecular flexibility index (Phi) is 5.99. The van der Waals surface area contributed by atoms with E-state index in [0.29, 0.717) is 28.2 Å². The van der Waals surface area contributed by atoms with E-state index in [1.54, 1.807) is 38.4 Å². The number of amides is 1. The van der Waals surface area contributed by atoms with E-state index in [-0.39, 0.29) is 11.8 Å². The van der Waals surface area contributed by atoms with Crippen molar-refractivity contribution < 1.29 is 22.5 Å². The number of alkyl halides is 3. The summed E-state index contributed by atoms with van der Waals surface area (Å²) in [6.45, 7) is 3.02. The van der Waals surface area contributed by atoms with Gasteiger partial charge in [0, 0.05) is 30.2 Å². The van der Waals surface area contributed by atoms with E-state index in [1.165, 1.54) is 0 Å². The number of pyridine rings is 2. The van der Waals surface area contributed by atoms with Crippen molar-refractivity contribution in [3.8, 4) is 11.4 Å². The first-order chi connectivity index (χ1) is 14.1. The number of nitrogens with zero attached hydrogens (tertiary/aromatic N) is 4. The van der Waals surface area contributed by atoms with Crippen LogP contribution in [0.5, 0.6) is 0 Å². The molecule has 0 saturated heterocycles. The van der Waals surface area contributed by atoms with Gasteiger partial charge in [-0.1, -0.05) is 19.0 Å². The summed E-state index contributed by atoms with van der Waals surface area (Å²) in [5, 5.41) is 6.53. The van der Waals surface area contributed by atoms with Crippen LogP contribution in [0.1, 0.15) is 31.3 Å². The Balaban J connectivity index is 1.77. The quantitative estimate of drug-likeness (QED) is 0.657. The fourth-order valence-electron chi connectivity index (χ4n) is 2.69. The van der Waals surface area contributed by atoms with Crippen LogP contribution in [0.4, 0.5) is 13.2 Å². The monoisotopic (exact) mass is 421 g/mol. The molecule has 0 saturated carbocycles. The van der Waals surface area contributed by atoms with Gasteiger partial charge in [0.25, 0.3) is 5.56 Å². The van der Waals surface area contributed by atoms with Gasteiger partial charge in [-0.15, -0.1) is 0 Å². The molecule has 3 rings (SSSR count). The molecule has 0 aliphatic carbocycles. The second-order valence-electron chi connectivity index (χ2n) is 6.86. The topological polar surface area (TPSA) is 103 Å². The Hall–Kier alpha value is -3.50. The maximum atomic E-state index is 12.9. The van der Waals surface area contributed by atoms with Crippen LogP contribution in [0.3, 0.4) is 0 Å². The SMILES string of the molecule is CC(C)C(NC(=O)Cn1cc(C(F)(F)F)ccc1=O)c1nc(-c2ccncc2)no1. The summed E-state index contributed by atoms with van der Waals surface area (Å²) in [7, 11) is 0. The molecule has 1 amide bonds. The van der Waals surface area contributed by atoms with Gasteiger partial charge in [-0.3, -0.25) is 14.6 Å². The molecule has 0 fully saturated rings. The molecule has 0 bridgehead atoms. The van der Waals surface area contributed by atoms with Crippen molar-refractivity contribution in [2.24, 2.45) is 5.92 Å². The smallest absolute Gasteiger partial charge is 0.342 e. The average molecular weight is 421 g/mol. The van der Waals surface area contributed by atoms with E-state index in [0.717, 1.165) is 6.07 Å². The summed E-state index contributed by atoms with van der Waals surface area (Å²) < 4.78 is 44.6. The minimum absolute atomic E-state index is 0.140. The van der Waals surface area contributed by atoms with Crippen molar-refractivity contribution in [1.29, 1.82) is 0 Å². The molecule has 1 atom stereocenters. The van der Waals surface area contributed by atoms with Crippen molar-refractivity contribution in [2.75, 3.05) is 0 Å². The highest BCUT2D eigenvalue weighted by atomic mass is 19.4. The number of hydrogen-bond acceptors (Lipinski definition) is 6. The molecule has 158 valence electrons. The number of carbonyl (C=O) groups is 1. The second kappa shape index (κ2) is 8.47. The molecular formula is C19H18F3N5O3. The van der Waals surface area contributed by atoms with Gasteiger partial charge in [0.1, 0.15) is 12.6 Å². The Morgan fingerprint density at radius 3 is 2.53 bits per heavy atom. The van der Waals surface area contributed by atoms with Crippen LogP contribution in [0, 0.1) is 5.92 Å². The maximum Gasteiger partial charge on any atom is 0.417 e. The largest absolute Gasteiger partial charge is 0.417 e. The number of hydrogen-bond donors (Lipinski definition) is 1. The molecule has 3 aromatic rings. The minimum atomic E-state index is -4.63. The van der Waals surface area contributed by atoms with Crippen molar-refractivity contribution in [1.82, 2.24) is 25.0 Å². The molecule has 30 heavy (non-hydrogen) atoms. The van der Waals surface area contributed by atoms with Crippen molar-refractivity contribution >= 4 is 5.91 Å². The van der Waals surface area contributed by atoms with E-state index in [4.69, 9.17) is 4.52 Å². The number of carbonyl (C=O) groups excluding carboxylic acids is 1. The molecule has 0 aliphatic heterocycles. The Morgan fingerprint density at radius 1 is 1.20 bits per heavy atom. The molecule has 11 heteroatoms. The molecule has 0 aromatic carbocycles. The molecule has 1 N–H and O–H groups in total. The molecule has 0 spiro atoms. The minimum Gasteiger partial charge on any atom is -0.342 e. The lowest BCUT2D eigenvalue weighted by Gasteiger charge is -2.19. The number of aromatic nitrogens is 4. The van der Waals surface area contributed by atoms with Crippen LogP contribution in [0.2, 0.25) is 0 Å². The third-order valence-electron chi connectivity index (χ3n) is 4.25. The zero-order valence-corrected chi connectivity index (χ0v) is 16.1. The van der Waals surface area contributed by atoms with Crippen LogP contribution in [-0.2, 0) is 17.5 Å². The maximum absolute atomic E-state index is 12.9. The summed E-state index contributed by atoms with van der Waals surface area (Å²) in [6, 6.07) is 4.14. The van der Waals surface area contributed by atoms with E-state index >= 15 is 0 Å². The van der Waals surface area contributed by atoms with E-state index in [9.17, 15) is 22.8 Å². The van der Waals surface area contributed by atoms with Crippen molar-refractivity contribution in [3.63, 3.8) is 0 Å². The van der Waals surface area contributed by atoms with Gasteiger partial charge < -0.3 is 14.4 Å². The predicted octanol–water partition coefficient (Wildman–Crippen LogP) is 2.83. The normalized spacial score (nSPS) is 12.7. The molecule has 8 nitrogen and oxygen atoms in total. The Bertz CT molecular complexity index is 1080. The predicted molar refractivity (Wildman–Crippen MR) is 99.0 cm³/mol. The number of nitrogens with one attached hydrogen (secondary N) is 1. The summed E-state index contributed by atoms with van der Waals surface area (Å²) >= 11 is 0. The fourth-order valence-corrected chi connectivity index (χ4v) is 2.69. The highest BCUT2D eigenvalue weighted by Crippen LogP contribution is 2.28. The van der Waals surface area contributed by atoms with Crippen LogP contribution in [0.15, 0.2) is 52.2 Å². The number of rotatable bonds is 6. The zero-order chi connectivity index (χ0) is 21.9. The first-order valence-electron chi connectivity index (χ1n) is 8.96. The van der Waals surface area contributed by atoms with Crippen LogP contribution in [-0.4, -0.2) is 25.6 Å².